The van der Waals surface area contributed by atoms with E-state index in [-0.39, 0.29) is 37.8 Å². The summed E-state index contributed by atoms with van der Waals surface area (Å²) in [4.78, 5) is 25.9. The summed E-state index contributed by atoms with van der Waals surface area (Å²) < 4.78 is 5.73. The van der Waals surface area contributed by atoms with Gasteiger partial charge in [-0.1, -0.05) is 13.0 Å². The highest BCUT2D eigenvalue weighted by molar-refractivity contribution is 5.84. The third-order valence-electron chi connectivity index (χ3n) is 5.37. The number of rotatable bonds is 6. The summed E-state index contributed by atoms with van der Waals surface area (Å²) in [5.41, 5.74) is 2.66. The number of anilines is 1. The zero-order valence-corrected chi connectivity index (χ0v) is 16.7. The van der Waals surface area contributed by atoms with Crippen molar-refractivity contribution in [2.75, 3.05) is 31.6 Å². The zero-order valence-electron chi connectivity index (χ0n) is 16.7. The quantitative estimate of drug-likeness (QED) is 0.473. The molecule has 1 aromatic carbocycles. The van der Waals surface area contributed by atoms with Gasteiger partial charge in [0.25, 0.3) is 0 Å². The van der Waals surface area contributed by atoms with Gasteiger partial charge in [-0.15, -0.1) is 0 Å². The molecule has 3 atom stereocenters. The topological polar surface area (TPSA) is 123 Å². The number of nitrogens with zero attached hydrogens (tertiary/aromatic N) is 1. The second-order valence-electron chi connectivity index (χ2n) is 7.41. The van der Waals surface area contributed by atoms with Crippen molar-refractivity contribution in [3.8, 4) is 0 Å². The first-order valence-electron chi connectivity index (χ1n) is 10.1. The van der Waals surface area contributed by atoms with Gasteiger partial charge in [-0.3, -0.25) is 4.79 Å². The third-order valence-corrected chi connectivity index (χ3v) is 5.37. The SMILES string of the molecule is CC[C@H]1OC[C@@H](O)Nc2ccc(CNC(=O)NCC(=O)N3CCC[C@@H]3CO)cc21. The van der Waals surface area contributed by atoms with E-state index in [0.29, 0.717) is 13.1 Å². The largest absolute Gasteiger partial charge is 0.394 e. The fourth-order valence-electron chi connectivity index (χ4n) is 3.83. The molecule has 2 heterocycles. The minimum Gasteiger partial charge on any atom is -0.394 e. The second-order valence-corrected chi connectivity index (χ2v) is 7.41. The van der Waals surface area contributed by atoms with Gasteiger partial charge in [0.05, 0.1) is 31.9 Å². The van der Waals surface area contributed by atoms with Gasteiger partial charge in [0.15, 0.2) is 0 Å². The van der Waals surface area contributed by atoms with E-state index < -0.39 is 12.3 Å². The van der Waals surface area contributed by atoms with Crippen LogP contribution in [-0.2, 0) is 16.1 Å². The first kappa shape index (κ1) is 21.4. The van der Waals surface area contributed by atoms with Gasteiger partial charge in [-0.2, -0.15) is 0 Å². The van der Waals surface area contributed by atoms with E-state index >= 15 is 0 Å². The monoisotopic (exact) mass is 406 g/mol. The van der Waals surface area contributed by atoms with Crippen LogP contribution in [0.4, 0.5) is 10.5 Å². The lowest BCUT2D eigenvalue weighted by Gasteiger charge is -2.23. The van der Waals surface area contributed by atoms with E-state index in [4.69, 9.17) is 4.74 Å². The minimum atomic E-state index is -0.751. The molecule has 29 heavy (non-hydrogen) atoms. The first-order valence-corrected chi connectivity index (χ1v) is 10.1. The van der Waals surface area contributed by atoms with Crippen LogP contribution in [0.2, 0.25) is 0 Å². The van der Waals surface area contributed by atoms with Crippen LogP contribution in [0.15, 0.2) is 18.2 Å². The lowest BCUT2D eigenvalue weighted by Crippen LogP contribution is -2.46. The maximum atomic E-state index is 12.2. The van der Waals surface area contributed by atoms with Crippen LogP contribution in [0.3, 0.4) is 0 Å². The van der Waals surface area contributed by atoms with E-state index in [1.807, 2.05) is 25.1 Å². The number of fused-ring (bicyclic) bond motifs is 1. The summed E-state index contributed by atoms with van der Waals surface area (Å²) in [6, 6.07) is 5.13. The summed E-state index contributed by atoms with van der Waals surface area (Å²) in [7, 11) is 0. The maximum absolute atomic E-state index is 12.2. The lowest BCUT2D eigenvalue weighted by molar-refractivity contribution is -0.131. The molecule has 160 valence electrons. The molecule has 0 radical (unpaired) electrons. The molecule has 2 aliphatic rings. The molecule has 9 heteroatoms. The summed E-state index contributed by atoms with van der Waals surface area (Å²) in [6.45, 7) is 3.00. The average molecular weight is 406 g/mol. The van der Waals surface area contributed by atoms with Crippen molar-refractivity contribution in [3.05, 3.63) is 29.3 Å². The molecule has 1 fully saturated rings. The summed E-state index contributed by atoms with van der Waals surface area (Å²) in [6.07, 6.45) is 1.56. The van der Waals surface area contributed by atoms with Crippen LogP contribution in [0.1, 0.15) is 43.4 Å². The Morgan fingerprint density at radius 1 is 1.34 bits per heavy atom. The Bertz CT molecular complexity index is 729. The number of hydrogen-bond acceptors (Lipinski definition) is 6. The number of aliphatic hydroxyl groups excluding tert-OH is 2. The van der Waals surface area contributed by atoms with Crippen molar-refractivity contribution in [1.29, 1.82) is 0 Å². The van der Waals surface area contributed by atoms with Crippen molar-refractivity contribution in [2.45, 2.75) is 51.1 Å². The summed E-state index contributed by atoms with van der Waals surface area (Å²) in [5.74, 6) is -0.186. The standard InChI is InChI=1S/C20H30N4O5/c1-2-17-15-8-13(5-6-16(15)23-18(26)12-29-17)9-21-20(28)22-10-19(27)24-7-3-4-14(24)11-25/h5-6,8,14,17-18,23,25-26H,2-4,7,9-12H2,1H3,(H2,21,22,28)/t14-,17-,18-/m1/s1. The number of aliphatic hydroxyl groups is 2. The van der Waals surface area contributed by atoms with E-state index in [1.165, 1.54) is 0 Å². The molecule has 0 aromatic heterocycles. The predicted molar refractivity (Wildman–Crippen MR) is 107 cm³/mol. The molecule has 1 saturated heterocycles. The average Bonchev–Trinajstić information content (AvgIpc) is 3.14. The van der Waals surface area contributed by atoms with Gasteiger partial charge in [0, 0.05) is 24.3 Å². The minimum absolute atomic E-state index is 0.0510. The van der Waals surface area contributed by atoms with Gasteiger partial charge in [0.2, 0.25) is 5.91 Å². The molecule has 2 aliphatic heterocycles. The van der Waals surface area contributed by atoms with E-state index in [1.54, 1.807) is 4.90 Å². The molecule has 3 rings (SSSR count). The highest BCUT2D eigenvalue weighted by Gasteiger charge is 2.28. The molecular formula is C20H30N4O5. The smallest absolute Gasteiger partial charge is 0.315 e. The van der Waals surface area contributed by atoms with Crippen LogP contribution in [0.25, 0.3) is 0 Å². The van der Waals surface area contributed by atoms with Crippen LogP contribution in [0.5, 0.6) is 0 Å². The number of benzene rings is 1. The van der Waals surface area contributed by atoms with E-state index in [0.717, 1.165) is 36.1 Å². The van der Waals surface area contributed by atoms with Crippen molar-refractivity contribution in [2.24, 2.45) is 0 Å². The van der Waals surface area contributed by atoms with Crippen LogP contribution in [-0.4, -0.2) is 65.6 Å². The van der Waals surface area contributed by atoms with E-state index in [2.05, 4.69) is 16.0 Å². The van der Waals surface area contributed by atoms with E-state index in [9.17, 15) is 19.8 Å². The Morgan fingerprint density at radius 3 is 2.93 bits per heavy atom. The normalized spacial score (nSPS) is 23.7. The number of likely N-dealkylation sites (tertiary alicyclic amines) is 1. The van der Waals surface area contributed by atoms with Crippen molar-refractivity contribution < 1.29 is 24.5 Å². The molecule has 1 aromatic rings. The van der Waals surface area contributed by atoms with Crippen molar-refractivity contribution >= 4 is 17.6 Å². The lowest BCUT2D eigenvalue weighted by atomic mass is 10.0. The van der Waals surface area contributed by atoms with Crippen molar-refractivity contribution in [1.82, 2.24) is 15.5 Å². The number of hydrogen-bond donors (Lipinski definition) is 5. The number of ether oxygens (including phenoxy) is 1. The van der Waals surface area contributed by atoms with Crippen molar-refractivity contribution in [3.63, 3.8) is 0 Å². The van der Waals surface area contributed by atoms with Gasteiger partial charge in [0.1, 0.15) is 6.23 Å². The van der Waals surface area contributed by atoms with Gasteiger partial charge >= 0.3 is 6.03 Å². The molecule has 5 N–H and O–H groups in total. The fourth-order valence-corrected chi connectivity index (χ4v) is 3.83. The number of urea groups is 1. The highest BCUT2D eigenvalue weighted by Crippen LogP contribution is 2.32. The van der Waals surface area contributed by atoms with Crippen LogP contribution >= 0.6 is 0 Å². The summed E-state index contributed by atoms with van der Waals surface area (Å²) >= 11 is 0. The van der Waals surface area contributed by atoms with Gasteiger partial charge < -0.3 is 35.8 Å². The van der Waals surface area contributed by atoms with Gasteiger partial charge in [-0.25, -0.2) is 4.79 Å². The summed E-state index contributed by atoms with van der Waals surface area (Å²) in [5, 5.41) is 27.5. The Morgan fingerprint density at radius 2 is 2.17 bits per heavy atom. The molecule has 3 amide bonds. The van der Waals surface area contributed by atoms with Crippen LogP contribution in [0, 0.1) is 0 Å². The Balaban J connectivity index is 1.51. The number of nitrogens with one attached hydrogen (secondary N) is 3. The van der Waals surface area contributed by atoms with Crippen LogP contribution < -0.4 is 16.0 Å². The number of amides is 3. The Labute approximate surface area is 170 Å². The fraction of sp³-hybridized carbons (Fsp3) is 0.600. The molecule has 0 saturated carbocycles. The third kappa shape index (κ3) is 5.37. The predicted octanol–water partition coefficient (Wildman–Crippen LogP) is 0.681. The molecule has 0 bridgehead atoms. The highest BCUT2D eigenvalue weighted by atomic mass is 16.5. The second kappa shape index (κ2) is 9.91. The molecule has 0 aliphatic carbocycles. The first-order chi connectivity index (χ1) is 14.0. The molecule has 0 spiro atoms. The molecular weight excluding hydrogens is 376 g/mol. The Kier molecular flexibility index (Phi) is 7.29. The molecule has 0 unspecified atom stereocenters. The Hall–Kier alpha value is -2.36. The maximum Gasteiger partial charge on any atom is 0.315 e. The zero-order chi connectivity index (χ0) is 20.8. The number of carbonyl (C=O) groups is 2. The number of carbonyl (C=O) groups excluding carboxylic acids is 2. The van der Waals surface area contributed by atoms with Gasteiger partial charge in [-0.05, 0) is 37.0 Å². The molecule has 9 nitrogen and oxygen atoms in total.